The minimum absolute atomic E-state index is 0.425. The SMILES string of the molecule is Cn1cnnc1CNCC1COc2ccccc21. The lowest BCUT2D eigenvalue weighted by molar-refractivity contribution is 0.326. The van der Waals surface area contributed by atoms with Crippen LogP contribution in [0.15, 0.2) is 30.6 Å². The number of aromatic nitrogens is 3. The zero-order valence-electron chi connectivity index (χ0n) is 10.3. The van der Waals surface area contributed by atoms with Crippen molar-refractivity contribution >= 4 is 0 Å². The van der Waals surface area contributed by atoms with E-state index >= 15 is 0 Å². The van der Waals surface area contributed by atoms with Crippen LogP contribution in [-0.4, -0.2) is 27.9 Å². The minimum atomic E-state index is 0.425. The van der Waals surface area contributed by atoms with E-state index in [4.69, 9.17) is 4.74 Å². The normalized spacial score (nSPS) is 17.5. The number of para-hydroxylation sites is 1. The smallest absolute Gasteiger partial charge is 0.146 e. The molecule has 1 aromatic carbocycles. The molecule has 0 saturated carbocycles. The Morgan fingerprint density at radius 3 is 3.17 bits per heavy atom. The fraction of sp³-hybridized carbons (Fsp3) is 0.385. The molecule has 1 unspecified atom stereocenters. The highest BCUT2D eigenvalue weighted by molar-refractivity contribution is 5.39. The molecule has 1 aliphatic rings. The molecule has 0 aliphatic carbocycles. The van der Waals surface area contributed by atoms with Crippen molar-refractivity contribution in [3.63, 3.8) is 0 Å². The maximum Gasteiger partial charge on any atom is 0.146 e. The van der Waals surface area contributed by atoms with Crippen LogP contribution in [0.4, 0.5) is 0 Å². The predicted octanol–water partition coefficient (Wildman–Crippen LogP) is 1.08. The Morgan fingerprint density at radius 2 is 2.33 bits per heavy atom. The highest BCUT2D eigenvalue weighted by atomic mass is 16.5. The largest absolute Gasteiger partial charge is 0.493 e. The van der Waals surface area contributed by atoms with Crippen LogP contribution in [0.5, 0.6) is 5.75 Å². The van der Waals surface area contributed by atoms with Crippen LogP contribution in [0.3, 0.4) is 0 Å². The van der Waals surface area contributed by atoms with Crippen molar-refractivity contribution in [2.24, 2.45) is 7.05 Å². The fourth-order valence-electron chi connectivity index (χ4n) is 2.22. The Morgan fingerprint density at radius 1 is 1.44 bits per heavy atom. The van der Waals surface area contributed by atoms with Gasteiger partial charge >= 0.3 is 0 Å². The van der Waals surface area contributed by atoms with Gasteiger partial charge in [-0.2, -0.15) is 0 Å². The fourth-order valence-corrected chi connectivity index (χ4v) is 2.22. The molecule has 1 N–H and O–H groups in total. The van der Waals surface area contributed by atoms with E-state index in [9.17, 15) is 0 Å². The molecule has 2 heterocycles. The van der Waals surface area contributed by atoms with Crippen LogP contribution in [0.1, 0.15) is 17.3 Å². The topological polar surface area (TPSA) is 52.0 Å². The van der Waals surface area contributed by atoms with Gasteiger partial charge in [0.2, 0.25) is 0 Å². The second-order valence-corrected chi connectivity index (χ2v) is 4.53. The summed E-state index contributed by atoms with van der Waals surface area (Å²) in [5.41, 5.74) is 1.29. The Labute approximate surface area is 106 Å². The molecule has 1 aliphatic heterocycles. The lowest BCUT2D eigenvalue weighted by Gasteiger charge is -2.09. The number of rotatable bonds is 4. The van der Waals surface area contributed by atoms with Crippen LogP contribution < -0.4 is 10.1 Å². The van der Waals surface area contributed by atoms with E-state index < -0.39 is 0 Å². The Hall–Kier alpha value is -1.88. The standard InChI is InChI=1S/C13H16N4O/c1-17-9-15-16-13(17)7-14-6-10-8-18-12-5-3-2-4-11(10)12/h2-5,9-10,14H,6-8H2,1H3. The summed E-state index contributed by atoms with van der Waals surface area (Å²) in [6.07, 6.45) is 1.71. The van der Waals surface area contributed by atoms with Crippen molar-refractivity contribution < 1.29 is 4.74 Å². The molecule has 0 spiro atoms. The molecule has 0 bridgehead atoms. The highest BCUT2D eigenvalue weighted by Crippen LogP contribution is 2.32. The van der Waals surface area contributed by atoms with E-state index in [1.165, 1.54) is 5.56 Å². The molecule has 0 radical (unpaired) electrons. The van der Waals surface area contributed by atoms with E-state index in [-0.39, 0.29) is 0 Å². The summed E-state index contributed by atoms with van der Waals surface area (Å²) in [6.45, 7) is 2.38. The third-order valence-corrected chi connectivity index (χ3v) is 3.28. The summed E-state index contributed by atoms with van der Waals surface area (Å²) in [6, 6.07) is 8.23. The van der Waals surface area contributed by atoms with Gasteiger partial charge in [0.1, 0.15) is 17.9 Å². The Kier molecular flexibility index (Phi) is 2.98. The van der Waals surface area contributed by atoms with Gasteiger partial charge in [0, 0.05) is 25.1 Å². The van der Waals surface area contributed by atoms with Gasteiger partial charge in [-0.15, -0.1) is 10.2 Å². The summed E-state index contributed by atoms with van der Waals surface area (Å²) in [7, 11) is 1.95. The van der Waals surface area contributed by atoms with Gasteiger partial charge in [0.25, 0.3) is 0 Å². The summed E-state index contributed by atoms with van der Waals surface area (Å²) >= 11 is 0. The molecule has 1 aromatic heterocycles. The molecule has 3 rings (SSSR count). The van der Waals surface area contributed by atoms with E-state index in [1.807, 2.05) is 23.7 Å². The van der Waals surface area contributed by atoms with Crippen molar-refractivity contribution in [1.82, 2.24) is 20.1 Å². The molecular formula is C13H16N4O. The average molecular weight is 244 g/mol. The van der Waals surface area contributed by atoms with Crippen LogP contribution >= 0.6 is 0 Å². The van der Waals surface area contributed by atoms with E-state index in [0.717, 1.165) is 31.3 Å². The quantitative estimate of drug-likeness (QED) is 0.874. The second kappa shape index (κ2) is 4.78. The van der Waals surface area contributed by atoms with Crippen molar-refractivity contribution in [3.05, 3.63) is 42.0 Å². The van der Waals surface area contributed by atoms with Crippen molar-refractivity contribution in [1.29, 1.82) is 0 Å². The lowest BCUT2D eigenvalue weighted by Crippen LogP contribution is -2.23. The Balaban J connectivity index is 1.58. The number of nitrogens with zero attached hydrogens (tertiary/aromatic N) is 3. The van der Waals surface area contributed by atoms with Gasteiger partial charge in [-0.1, -0.05) is 18.2 Å². The second-order valence-electron chi connectivity index (χ2n) is 4.53. The van der Waals surface area contributed by atoms with E-state index in [0.29, 0.717) is 5.92 Å². The third-order valence-electron chi connectivity index (χ3n) is 3.28. The molecule has 94 valence electrons. The zero-order chi connectivity index (χ0) is 12.4. The summed E-state index contributed by atoms with van der Waals surface area (Å²) < 4.78 is 7.57. The first kappa shape index (κ1) is 11.2. The molecule has 0 saturated heterocycles. The summed E-state index contributed by atoms with van der Waals surface area (Å²) in [5, 5.41) is 11.3. The van der Waals surface area contributed by atoms with Gasteiger partial charge in [0.05, 0.1) is 13.2 Å². The molecule has 5 heteroatoms. The van der Waals surface area contributed by atoms with Gasteiger partial charge in [-0.3, -0.25) is 0 Å². The molecular weight excluding hydrogens is 228 g/mol. The van der Waals surface area contributed by atoms with E-state index in [2.05, 4.69) is 27.6 Å². The number of nitrogens with one attached hydrogen (secondary N) is 1. The predicted molar refractivity (Wildman–Crippen MR) is 67.4 cm³/mol. The third kappa shape index (κ3) is 2.09. The molecule has 0 fully saturated rings. The molecule has 18 heavy (non-hydrogen) atoms. The van der Waals surface area contributed by atoms with Crippen molar-refractivity contribution in [2.45, 2.75) is 12.5 Å². The van der Waals surface area contributed by atoms with Crippen molar-refractivity contribution in [2.75, 3.05) is 13.2 Å². The number of ether oxygens (including phenoxy) is 1. The molecule has 5 nitrogen and oxygen atoms in total. The van der Waals surface area contributed by atoms with Gasteiger partial charge < -0.3 is 14.6 Å². The number of fused-ring (bicyclic) bond motifs is 1. The van der Waals surface area contributed by atoms with Crippen LogP contribution in [0, 0.1) is 0 Å². The van der Waals surface area contributed by atoms with Crippen molar-refractivity contribution in [3.8, 4) is 5.75 Å². The number of benzene rings is 1. The maximum absolute atomic E-state index is 5.65. The van der Waals surface area contributed by atoms with Crippen LogP contribution in [0.2, 0.25) is 0 Å². The van der Waals surface area contributed by atoms with Gasteiger partial charge in [0.15, 0.2) is 0 Å². The molecule has 0 amide bonds. The first-order chi connectivity index (χ1) is 8.84. The van der Waals surface area contributed by atoms with Crippen LogP contribution in [-0.2, 0) is 13.6 Å². The number of aryl methyl sites for hydroxylation is 1. The maximum atomic E-state index is 5.65. The highest BCUT2D eigenvalue weighted by Gasteiger charge is 2.22. The first-order valence-electron chi connectivity index (χ1n) is 6.10. The zero-order valence-corrected chi connectivity index (χ0v) is 10.3. The molecule has 2 aromatic rings. The molecule has 1 atom stereocenters. The Bertz CT molecular complexity index is 537. The average Bonchev–Trinajstić information content (AvgIpc) is 2.97. The number of hydrogen-bond acceptors (Lipinski definition) is 4. The monoisotopic (exact) mass is 244 g/mol. The number of hydrogen-bond donors (Lipinski definition) is 1. The summed E-state index contributed by atoms with van der Waals surface area (Å²) in [5.74, 6) is 2.39. The minimum Gasteiger partial charge on any atom is -0.493 e. The lowest BCUT2D eigenvalue weighted by atomic mass is 10.0. The van der Waals surface area contributed by atoms with E-state index in [1.54, 1.807) is 6.33 Å². The first-order valence-corrected chi connectivity index (χ1v) is 6.10. The van der Waals surface area contributed by atoms with Gasteiger partial charge in [-0.25, -0.2) is 0 Å². The summed E-state index contributed by atoms with van der Waals surface area (Å²) in [4.78, 5) is 0. The van der Waals surface area contributed by atoms with Gasteiger partial charge in [-0.05, 0) is 6.07 Å². The van der Waals surface area contributed by atoms with Crippen LogP contribution in [0.25, 0.3) is 0 Å².